The zero-order valence-electron chi connectivity index (χ0n) is 8.77. The lowest BCUT2D eigenvalue weighted by Crippen LogP contribution is -1.94. The molecule has 2 aromatic heterocycles. The van der Waals surface area contributed by atoms with Gasteiger partial charge < -0.3 is 10.4 Å². The molecule has 0 spiro atoms. The number of nitrogens with one attached hydrogen (secondary N) is 1. The minimum Gasteiger partial charge on any atom is -0.477 e. The molecule has 7 heteroatoms. The predicted octanol–water partition coefficient (Wildman–Crippen LogP) is 2.43. The third-order valence-corrected chi connectivity index (χ3v) is 3.01. The van der Waals surface area contributed by atoms with Gasteiger partial charge in [0.05, 0.1) is 11.9 Å². The predicted molar refractivity (Wildman–Crippen MR) is 61.3 cm³/mol. The normalized spacial score (nSPS) is 10.2. The Kier molecular flexibility index (Phi) is 3.01. The first-order valence-electron chi connectivity index (χ1n) is 4.65. The Balaban J connectivity index is 2.22. The van der Waals surface area contributed by atoms with Crippen LogP contribution in [0.1, 0.15) is 15.4 Å². The number of nitrogens with zero attached hydrogens (tertiary/aromatic N) is 2. The lowest BCUT2D eigenvalue weighted by atomic mass is 10.4. The van der Waals surface area contributed by atoms with E-state index in [0.29, 0.717) is 16.6 Å². The second kappa shape index (κ2) is 4.46. The maximum atomic E-state index is 12.6. The van der Waals surface area contributed by atoms with Crippen molar-refractivity contribution in [1.82, 2.24) is 9.97 Å². The fourth-order valence-electron chi connectivity index (χ4n) is 1.21. The standard InChI is InChI=1S/C10H8FN3O2S/c1-5-8(9(15)16)17-10(13-5)14-7-3-2-6(11)4-12-7/h2-4H,1H3,(H,15,16)(H,12,13,14). The van der Waals surface area contributed by atoms with Gasteiger partial charge in [-0.3, -0.25) is 0 Å². The molecule has 0 aliphatic carbocycles. The van der Waals surface area contributed by atoms with Gasteiger partial charge in [-0.25, -0.2) is 19.2 Å². The number of halogens is 1. The molecule has 2 rings (SSSR count). The van der Waals surface area contributed by atoms with E-state index in [1.165, 1.54) is 12.1 Å². The van der Waals surface area contributed by atoms with Gasteiger partial charge in [0.25, 0.3) is 0 Å². The fraction of sp³-hybridized carbons (Fsp3) is 0.100. The maximum Gasteiger partial charge on any atom is 0.347 e. The fourth-order valence-corrected chi connectivity index (χ4v) is 2.02. The Labute approximate surface area is 100.0 Å². The topological polar surface area (TPSA) is 75.1 Å². The minimum absolute atomic E-state index is 0.176. The van der Waals surface area contributed by atoms with Crippen molar-refractivity contribution in [2.45, 2.75) is 6.92 Å². The van der Waals surface area contributed by atoms with Crippen molar-refractivity contribution in [3.63, 3.8) is 0 Å². The summed E-state index contributed by atoms with van der Waals surface area (Å²) in [5.74, 6) is -1.03. The molecular weight excluding hydrogens is 245 g/mol. The van der Waals surface area contributed by atoms with Crippen molar-refractivity contribution in [3.8, 4) is 0 Å². The van der Waals surface area contributed by atoms with E-state index in [-0.39, 0.29) is 4.88 Å². The summed E-state index contributed by atoms with van der Waals surface area (Å²) < 4.78 is 12.6. The van der Waals surface area contributed by atoms with Crippen LogP contribution in [-0.4, -0.2) is 21.0 Å². The van der Waals surface area contributed by atoms with Crippen LogP contribution in [0.25, 0.3) is 0 Å². The molecule has 0 unspecified atom stereocenters. The smallest absolute Gasteiger partial charge is 0.347 e. The van der Waals surface area contributed by atoms with Crippen LogP contribution in [0.3, 0.4) is 0 Å². The monoisotopic (exact) mass is 253 g/mol. The van der Waals surface area contributed by atoms with Crippen molar-refractivity contribution >= 4 is 28.3 Å². The first-order chi connectivity index (χ1) is 8.06. The van der Waals surface area contributed by atoms with Gasteiger partial charge in [-0.1, -0.05) is 11.3 Å². The zero-order chi connectivity index (χ0) is 12.4. The molecule has 0 amide bonds. The van der Waals surface area contributed by atoms with Gasteiger partial charge >= 0.3 is 5.97 Å². The molecule has 0 radical (unpaired) electrons. The molecule has 0 aromatic carbocycles. The molecule has 2 aromatic rings. The van der Waals surface area contributed by atoms with Crippen molar-refractivity contribution in [3.05, 3.63) is 34.7 Å². The Bertz CT molecular complexity index is 553. The van der Waals surface area contributed by atoms with Crippen molar-refractivity contribution in [1.29, 1.82) is 0 Å². The van der Waals surface area contributed by atoms with Crippen molar-refractivity contribution in [2.24, 2.45) is 0 Å². The number of pyridine rings is 1. The first kappa shape index (κ1) is 11.5. The van der Waals surface area contributed by atoms with Crippen molar-refractivity contribution < 1.29 is 14.3 Å². The Hall–Kier alpha value is -2.02. The van der Waals surface area contributed by atoms with Gasteiger partial charge in [-0.05, 0) is 19.1 Å². The van der Waals surface area contributed by atoms with E-state index in [1.807, 2.05) is 0 Å². The van der Waals surface area contributed by atoms with Crippen LogP contribution in [0.5, 0.6) is 0 Å². The summed E-state index contributed by atoms with van der Waals surface area (Å²) in [5, 5.41) is 12.1. The van der Waals surface area contributed by atoms with E-state index < -0.39 is 11.8 Å². The number of aromatic carboxylic acids is 1. The lowest BCUT2D eigenvalue weighted by molar-refractivity contribution is 0.0701. The highest BCUT2D eigenvalue weighted by Crippen LogP contribution is 2.24. The van der Waals surface area contributed by atoms with E-state index in [2.05, 4.69) is 15.3 Å². The number of rotatable bonds is 3. The van der Waals surface area contributed by atoms with E-state index in [9.17, 15) is 9.18 Å². The van der Waals surface area contributed by atoms with Crippen LogP contribution < -0.4 is 5.32 Å². The van der Waals surface area contributed by atoms with Gasteiger partial charge in [0.15, 0.2) is 5.13 Å². The number of hydrogen-bond donors (Lipinski definition) is 2. The molecule has 17 heavy (non-hydrogen) atoms. The molecule has 0 saturated heterocycles. The summed E-state index contributed by atoms with van der Waals surface area (Å²) in [6, 6.07) is 2.71. The van der Waals surface area contributed by atoms with Gasteiger partial charge in [0.1, 0.15) is 16.5 Å². The average Bonchev–Trinajstić information content (AvgIpc) is 2.63. The minimum atomic E-state index is -1.01. The summed E-state index contributed by atoms with van der Waals surface area (Å²) in [4.78, 5) is 18.8. The number of carboxylic acid groups (broad SMARTS) is 1. The number of anilines is 2. The Morgan fingerprint density at radius 3 is 2.82 bits per heavy atom. The highest BCUT2D eigenvalue weighted by molar-refractivity contribution is 7.17. The number of aromatic nitrogens is 2. The number of thiazole rings is 1. The summed E-state index contributed by atoms with van der Waals surface area (Å²) in [6.07, 6.45) is 1.07. The zero-order valence-corrected chi connectivity index (χ0v) is 9.58. The van der Waals surface area contributed by atoms with E-state index in [4.69, 9.17) is 5.11 Å². The van der Waals surface area contributed by atoms with Crippen LogP contribution >= 0.6 is 11.3 Å². The molecule has 2 N–H and O–H groups in total. The SMILES string of the molecule is Cc1nc(Nc2ccc(F)cn2)sc1C(=O)O. The number of carboxylic acids is 1. The second-order valence-electron chi connectivity index (χ2n) is 3.23. The summed E-state index contributed by atoms with van der Waals surface area (Å²) >= 11 is 1.01. The van der Waals surface area contributed by atoms with Crippen LogP contribution in [0, 0.1) is 12.7 Å². The number of carbonyl (C=O) groups is 1. The van der Waals surface area contributed by atoms with Crippen LogP contribution in [0.15, 0.2) is 18.3 Å². The highest BCUT2D eigenvalue weighted by atomic mass is 32.1. The lowest BCUT2D eigenvalue weighted by Gasteiger charge is -1.99. The Morgan fingerprint density at radius 2 is 2.29 bits per heavy atom. The molecule has 0 fully saturated rings. The summed E-state index contributed by atoms with van der Waals surface area (Å²) in [6.45, 7) is 1.61. The molecule has 0 aliphatic heterocycles. The Morgan fingerprint density at radius 1 is 1.53 bits per heavy atom. The molecule has 2 heterocycles. The molecule has 88 valence electrons. The summed E-state index contributed by atoms with van der Waals surface area (Å²) in [5.41, 5.74) is 0.437. The largest absolute Gasteiger partial charge is 0.477 e. The first-order valence-corrected chi connectivity index (χ1v) is 5.47. The number of hydrogen-bond acceptors (Lipinski definition) is 5. The molecular formula is C10H8FN3O2S. The van der Waals surface area contributed by atoms with E-state index >= 15 is 0 Å². The molecule has 0 aliphatic rings. The highest BCUT2D eigenvalue weighted by Gasteiger charge is 2.14. The van der Waals surface area contributed by atoms with E-state index in [1.54, 1.807) is 6.92 Å². The molecule has 0 bridgehead atoms. The third kappa shape index (κ3) is 2.56. The van der Waals surface area contributed by atoms with Gasteiger partial charge in [-0.2, -0.15) is 0 Å². The average molecular weight is 253 g/mol. The van der Waals surface area contributed by atoms with Crippen LogP contribution in [0.4, 0.5) is 15.3 Å². The molecule has 5 nitrogen and oxygen atoms in total. The van der Waals surface area contributed by atoms with Crippen LogP contribution in [-0.2, 0) is 0 Å². The molecule has 0 atom stereocenters. The third-order valence-electron chi connectivity index (χ3n) is 1.95. The quantitative estimate of drug-likeness (QED) is 0.878. The number of aryl methyl sites for hydroxylation is 1. The second-order valence-corrected chi connectivity index (χ2v) is 4.22. The maximum absolute atomic E-state index is 12.6. The van der Waals surface area contributed by atoms with Crippen LogP contribution in [0.2, 0.25) is 0 Å². The van der Waals surface area contributed by atoms with Gasteiger partial charge in [0.2, 0.25) is 0 Å². The van der Waals surface area contributed by atoms with Crippen molar-refractivity contribution in [2.75, 3.05) is 5.32 Å². The van der Waals surface area contributed by atoms with E-state index in [0.717, 1.165) is 17.5 Å². The molecule has 0 saturated carbocycles. The van der Waals surface area contributed by atoms with Gasteiger partial charge in [-0.15, -0.1) is 0 Å². The summed E-state index contributed by atoms with van der Waals surface area (Å²) in [7, 11) is 0. The van der Waals surface area contributed by atoms with Gasteiger partial charge in [0, 0.05) is 0 Å².